The number of hydrogen-bond acceptors (Lipinski definition) is 5. The molecule has 2 N–H and O–H groups in total. The number of anilines is 1. The second-order valence-electron chi connectivity index (χ2n) is 4.00. The molecule has 0 aliphatic heterocycles. The minimum absolute atomic E-state index is 0.0136. The Kier molecular flexibility index (Phi) is 3.57. The summed E-state index contributed by atoms with van der Waals surface area (Å²) < 4.78 is 23.3. The molecule has 2 aromatic rings. The van der Waals surface area contributed by atoms with Gasteiger partial charge in [0.15, 0.2) is 5.82 Å². The minimum Gasteiger partial charge on any atom is -0.398 e. The summed E-state index contributed by atoms with van der Waals surface area (Å²) >= 11 is 0. The molecule has 0 bridgehead atoms. The molecule has 96 valence electrons. The average molecular weight is 251 g/mol. The van der Waals surface area contributed by atoms with Crippen molar-refractivity contribution in [2.45, 2.75) is 19.4 Å². The van der Waals surface area contributed by atoms with E-state index >= 15 is 0 Å². The lowest BCUT2D eigenvalue weighted by Crippen LogP contribution is -2.09. The van der Waals surface area contributed by atoms with Crippen LogP contribution in [0.4, 0.5) is 10.1 Å². The number of halogens is 1. The molecule has 0 saturated carbocycles. The molecule has 0 fully saturated rings. The molecule has 0 aliphatic rings. The van der Waals surface area contributed by atoms with Crippen molar-refractivity contribution < 1.29 is 13.7 Å². The van der Waals surface area contributed by atoms with Crippen molar-refractivity contribution in [1.29, 1.82) is 0 Å². The smallest absolute Gasteiger partial charge is 0.260 e. The quantitative estimate of drug-likeness (QED) is 0.841. The minimum atomic E-state index is -0.399. The highest BCUT2D eigenvalue weighted by atomic mass is 19.1. The van der Waals surface area contributed by atoms with Crippen molar-refractivity contribution in [3.05, 3.63) is 29.8 Å². The maximum Gasteiger partial charge on any atom is 0.260 e. The van der Waals surface area contributed by atoms with E-state index < -0.39 is 5.82 Å². The van der Waals surface area contributed by atoms with Gasteiger partial charge in [-0.15, -0.1) is 0 Å². The lowest BCUT2D eigenvalue weighted by atomic mass is 10.2. The summed E-state index contributed by atoms with van der Waals surface area (Å²) in [5, 5.41) is 3.81. The first-order chi connectivity index (χ1) is 8.60. The van der Waals surface area contributed by atoms with Crippen LogP contribution in [0.1, 0.15) is 12.7 Å². The van der Waals surface area contributed by atoms with E-state index in [0.29, 0.717) is 23.5 Å². The van der Waals surface area contributed by atoms with Gasteiger partial charge in [0.1, 0.15) is 5.82 Å². The van der Waals surface area contributed by atoms with Gasteiger partial charge in [-0.3, -0.25) is 0 Å². The van der Waals surface area contributed by atoms with E-state index in [2.05, 4.69) is 10.1 Å². The predicted octanol–water partition coefficient (Wildman–Crippen LogP) is 2.04. The summed E-state index contributed by atoms with van der Waals surface area (Å²) in [7, 11) is 1.61. The Hall–Kier alpha value is -1.95. The summed E-state index contributed by atoms with van der Waals surface area (Å²) in [6.07, 6.45) is 0.509. The van der Waals surface area contributed by atoms with Crippen LogP contribution in [0.25, 0.3) is 11.5 Å². The molecule has 1 heterocycles. The van der Waals surface area contributed by atoms with Gasteiger partial charge in [0.25, 0.3) is 5.89 Å². The van der Waals surface area contributed by atoms with Gasteiger partial charge in [-0.1, -0.05) is 5.16 Å². The summed E-state index contributed by atoms with van der Waals surface area (Å²) in [5.74, 6) is 0.317. The van der Waals surface area contributed by atoms with Crippen LogP contribution in [0.2, 0.25) is 0 Å². The summed E-state index contributed by atoms with van der Waals surface area (Å²) in [4.78, 5) is 4.17. The predicted molar refractivity (Wildman–Crippen MR) is 64.3 cm³/mol. The van der Waals surface area contributed by atoms with Crippen molar-refractivity contribution in [3.8, 4) is 11.5 Å². The molecule has 5 nitrogen and oxygen atoms in total. The first kappa shape index (κ1) is 12.5. The molecule has 2 rings (SSSR count). The van der Waals surface area contributed by atoms with E-state index in [1.54, 1.807) is 7.11 Å². The molecule has 1 unspecified atom stereocenters. The Morgan fingerprint density at radius 2 is 2.28 bits per heavy atom. The number of ether oxygens (including phenoxy) is 1. The maximum absolute atomic E-state index is 13.1. The highest BCUT2D eigenvalue weighted by Gasteiger charge is 2.14. The van der Waals surface area contributed by atoms with Crippen molar-refractivity contribution >= 4 is 5.69 Å². The molecule has 0 saturated heterocycles. The van der Waals surface area contributed by atoms with Crippen molar-refractivity contribution in [2.24, 2.45) is 0 Å². The third kappa shape index (κ3) is 2.65. The molecule has 18 heavy (non-hydrogen) atoms. The highest BCUT2D eigenvalue weighted by Crippen LogP contribution is 2.25. The Balaban J connectivity index is 2.26. The second kappa shape index (κ2) is 5.14. The van der Waals surface area contributed by atoms with Crippen molar-refractivity contribution in [1.82, 2.24) is 10.1 Å². The number of benzene rings is 1. The Bertz CT molecular complexity index is 542. The number of nitrogens with zero attached hydrogens (tertiary/aromatic N) is 2. The van der Waals surface area contributed by atoms with Crippen LogP contribution in [-0.2, 0) is 11.2 Å². The first-order valence-electron chi connectivity index (χ1n) is 5.51. The third-order valence-electron chi connectivity index (χ3n) is 2.59. The van der Waals surface area contributed by atoms with Crippen molar-refractivity contribution in [3.63, 3.8) is 0 Å². The summed E-state index contributed by atoms with van der Waals surface area (Å²) in [5.41, 5.74) is 6.54. The molecule has 0 spiro atoms. The lowest BCUT2D eigenvalue weighted by molar-refractivity contribution is 0.116. The Labute approximate surface area is 104 Å². The molecule has 1 atom stereocenters. The number of rotatable bonds is 4. The van der Waals surface area contributed by atoms with Gasteiger partial charge in [0.05, 0.1) is 11.7 Å². The second-order valence-corrected chi connectivity index (χ2v) is 4.00. The molecule has 6 heteroatoms. The Morgan fingerprint density at radius 1 is 1.50 bits per heavy atom. The number of hydrogen-bond donors (Lipinski definition) is 1. The first-order valence-corrected chi connectivity index (χ1v) is 5.51. The number of nitrogen functional groups attached to an aromatic ring is 1. The van der Waals surface area contributed by atoms with Gasteiger partial charge in [0.2, 0.25) is 0 Å². The SMILES string of the molecule is COC(C)Cc1noc(-c2cc(F)ccc2N)n1. The van der Waals surface area contributed by atoms with E-state index in [4.69, 9.17) is 15.0 Å². The fourth-order valence-electron chi connectivity index (χ4n) is 1.50. The third-order valence-corrected chi connectivity index (χ3v) is 2.59. The fraction of sp³-hybridized carbons (Fsp3) is 0.333. The fourth-order valence-corrected chi connectivity index (χ4v) is 1.50. The van der Waals surface area contributed by atoms with Crippen LogP contribution in [0.15, 0.2) is 22.7 Å². The van der Waals surface area contributed by atoms with Gasteiger partial charge in [-0.2, -0.15) is 4.98 Å². The standard InChI is InChI=1S/C12H14FN3O2/c1-7(17-2)5-11-15-12(18-16-11)9-6-8(13)3-4-10(9)14/h3-4,6-7H,5,14H2,1-2H3. The van der Waals surface area contributed by atoms with Gasteiger partial charge in [-0.05, 0) is 25.1 Å². The normalized spacial score (nSPS) is 12.6. The van der Waals surface area contributed by atoms with Crippen LogP contribution in [0.3, 0.4) is 0 Å². The lowest BCUT2D eigenvalue weighted by Gasteiger charge is -2.04. The van der Waals surface area contributed by atoms with Crippen LogP contribution in [0, 0.1) is 5.82 Å². The van der Waals surface area contributed by atoms with Crippen molar-refractivity contribution in [2.75, 3.05) is 12.8 Å². The van der Waals surface area contributed by atoms with Gasteiger partial charge in [0, 0.05) is 19.2 Å². The highest BCUT2D eigenvalue weighted by molar-refractivity contribution is 5.70. The van der Waals surface area contributed by atoms with Crippen LogP contribution in [0.5, 0.6) is 0 Å². The molecular formula is C12H14FN3O2. The van der Waals surface area contributed by atoms with Gasteiger partial charge < -0.3 is 15.0 Å². The molecule has 0 radical (unpaired) electrons. The monoisotopic (exact) mass is 251 g/mol. The summed E-state index contributed by atoms with van der Waals surface area (Å²) in [6.45, 7) is 1.90. The number of nitrogens with two attached hydrogens (primary N) is 1. The zero-order valence-electron chi connectivity index (χ0n) is 10.2. The van der Waals surface area contributed by atoms with E-state index in [0.717, 1.165) is 0 Å². The van der Waals surface area contributed by atoms with E-state index in [9.17, 15) is 4.39 Å². The molecule has 0 aliphatic carbocycles. The summed E-state index contributed by atoms with van der Waals surface area (Å²) in [6, 6.07) is 4.02. The zero-order valence-corrected chi connectivity index (χ0v) is 10.2. The van der Waals surface area contributed by atoms with Gasteiger partial charge in [-0.25, -0.2) is 4.39 Å². The molecule has 1 aromatic carbocycles. The Morgan fingerprint density at radius 3 is 3.00 bits per heavy atom. The molecule has 1 aromatic heterocycles. The number of aromatic nitrogens is 2. The van der Waals surface area contributed by atoms with E-state index in [1.165, 1.54) is 18.2 Å². The average Bonchev–Trinajstić information content (AvgIpc) is 2.80. The van der Waals surface area contributed by atoms with Crippen LogP contribution in [-0.4, -0.2) is 23.4 Å². The molecular weight excluding hydrogens is 237 g/mol. The zero-order chi connectivity index (χ0) is 13.1. The largest absolute Gasteiger partial charge is 0.398 e. The molecule has 0 amide bonds. The van der Waals surface area contributed by atoms with Crippen LogP contribution < -0.4 is 5.73 Å². The number of methoxy groups -OCH3 is 1. The topological polar surface area (TPSA) is 74.2 Å². The van der Waals surface area contributed by atoms with Gasteiger partial charge >= 0.3 is 0 Å². The van der Waals surface area contributed by atoms with E-state index in [1.807, 2.05) is 6.92 Å². The van der Waals surface area contributed by atoms with Crippen LogP contribution >= 0.6 is 0 Å². The maximum atomic E-state index is 13.1. The van der Waals surface area contributed by atoms with E-state index in [-0.39, 0.29) is 12.0 Å².